The van der Waals surface area contributed by atoms with Crippen LogP contribution in [0.3, 0.4) is 0 Å². The number of hydrogen-bond acceptors (Lipinski definition) is 7. The number of likely N-dealkylation sites (N-methyl/N-ethyl adjacent to an activating group) is 1. The number of nitrogens with two attached hydrogens (primary N) is 1. The molecule has 4 aromatic rings. The van der Waals surface area contributed by atoms with E-state index in [1.54, 1.807) is 13.3 Å². The second-order valence-corrected chi connectivity index (χ2v) is 9.14. The van der Waals surface area contributed by atoms with E-state index in [0.717, 1.165) is 46.6 Å². The van der Waals surface area contributed by atoms with Crippen molar-refractivity contribution in [1.29, 1.82) is 0 Å². The number of fused-ring (bicyclic) bond motifs is 1. The number of likely N-dealkylation sites (tertiary alicyclic amines) is 1. The summed E-state index contributed by atoms with van der Waals surface area (Å²) in [5, 5.41) is 4.47. The van der Waals surface area contributed by atoms with E-state index < -0.39 is 0 Å². The molecule has 0 aliphatic carbocycles. The SMILES string of the molecule is COc1cc(N(C)CCN2CCCC2)c(N)cc1Nc1nccc(-c2cn(C)c3ccccc23)n1. The number of nitrogens with one attached hydrogen (secondary N) is 1. The van der Waals surface area contributed by atoms with E-state index in [-0.39, 0.29) is 0 Å². The van der Waals surface area contributed by atoms with Crippen LogP contribution in [0.25, 0.3) is 22.2 Å². The lowest BCUT2D eigenvalue weighted by molar-refractivity contribution is 0.346. The number of para-hydroxylation sites is 1. The number of hydrogen-bond donors (Lipinski definition) is 2. The summed E-state index contributed by atoms with van der Waals surface area (Å²) in [5.74, 6) is 1.18. The van der Waals surface area contributed by atoms with Crippen molar-refractivity contribution < 1.29 is 4.74 Å². The van der Waals surface area contributed by atoms with E-state index in [1.807, 2.05) is 37.4 Å². The minimum atomic E-state index is 0.489. The first-order valence-electron chi connectivity index (χ1n) is 12.1. The molecule has 182 valence electrons. The van der Waals surface area contributed by atoms with Crippen molar-refractivity contribution in [3.8, 4) is 17.0 Å². The Kier molecular flexibility index (Phi) is 6.46. The Balaban J connectivity index is 1.38. The molecule has 8 heteroatoms. The van der Waals surface area contributed by atoms with Gasteiger partial charge in [0, 0.05) is 62.1 Å². The van der Waals surface area contributed by atoms with Crippen LogP contribution in [0, 0.1) is 0 Å². The van der Waals surface area contributed by atoms with Crippen molar-refractivity contribution in [3.63, 3.8) is 0 Å². The maximum absolute atomic E-state index is 6.47. The van der Waals surface area contributed by atoms with Gasteiger partial charge < -0.3 is 30.2 Å². The van der Waals surface area contributed by atoms with Crippen molar-refractivity contribution in [2.75, 3.05) is 56.3 Å². The summed E-state index contributed by atoms with van der Waals surface area (Å²) >= 11 is 0. The van der Waals surface area contributed by atoms with Gasteiger partial charge >= 0.3 is 0 Å². The number of anilines is 4. The standard InChI is InChI=1S/C27H33N7O/c1-32(14-15-34-12-6-7-13-34)25-17-26(35-3)23(16-21(25)28)31-27-29-11-10-22(30-27)20-18-33(2)24-9-5-4-8-19(20)24/h4-5,8-11,16-18H,6-7,12-15,28H2,1-3H3,(H,29,30,31). The Hall–Kier alpha value is -3.78. The van der Waals surface area contributed by atoms with Crippen LogP contribution in [-0.2, 0) is 7.05 Å². The molecule has 3 N–H and O–H groups in total. The van der Waals surface area contributed by atoms with Gasteiger partial charge in [0.2, 0.25) is 5.95 Å². The number of methoxy groups -OCH3 is 1. The molecular weight excluding hydrogens is 438 g/mol. The van der Waals surface area contributed by atoms with Gasteiger partial charge in [-0.15, -0.1) is 0 Å². The van der Waals surface area contributed by atoms with Gasteiger partial charge in [-0.1, -0.05) is 18.2 Å². The van der Waals surface area contributed by atoms with Gasteiger partial charge in [0.05, 0.1) is 29.9 Å². The second kappa shape index (κ2) is 9.84. The fraction of sp³-hybridized carbons (Fsp3) is 0.333. The number of nitrogen functional groups attached to an aromatic ring is 1. The van der Waals surface area contributed by atoms with Gasteiger partial charge in [0.15, 0.2) is 0 Å². The van der Waals surface area contributed by atoms with Crippen LogP contribution < -0.4 is 20.7 Å². The van der Waals surface area contributed by atoms with Crippen molar-refractivity contribution >= 4 is 33.9 Å². The molecule has 0 unspecified atom stereocenters. The van der Waals surface area contributed by atoms with E-state index in [2.05, 4.69) is 50.0 Å². The lowest BCUT2D eigenvalue weighted by Crippen LogP contribution is -2.31. The molecule has 8 nitrogen and oxygen atoms in total. The van der Waals surface area contributed by atoms with E-state index in [0.29, 0.717) is 17.4 Å². The minimum absolute atomic E-state index is 0.489. The molecule has 2 aromatic carbocycles. The third kappa shape index (κ3) is 4.74. The van der Waals surface area contributed by atoms with Gasteiger partial charge in [-0.3, -0.25) is 0 Å². The van der Waals surface area contributed by atoms with Gasteiger partial charge in [0.1, 0.15) is 5.75 Å². The third-order valence-corrected chi connectivity index (χ3v) is 6.79. The van der Waals surface area contributed by atoms with Crippen molar-refractivity contribution in [3.05, 3.63) is 54.9 Å². The molecule has 1 aliphatic rings. The number of nitrogens with zero attached hydrogens (tertiary/aromatic N) is 5. The van der Waals surface area contributed by atoms with E-state index in [4.69, 9.17) is 15.5 Å². The van der Waals surface area contributed by atoms with Crippen LogP contribution in [0.2, 0.25) is 0 Å². The third-order valence-electron chi connectivity index (χ3n) is 6.79. The van der Waals surface area contributed by atoms with Crippen LogP contribution in [-0.4, -0.2) is 59.8 Å². The predicted octanol–water partition coefficient (Wildman–Crippen LogP) is 4.50. The number of rotatable bonds is 8. The van der Waals surface area contributed by atoms with Gasteiger partial charge in [-0.05, 0) is 44.1 Å². The lowest BCUT2D eigenvalue weighted by Gasteiger charge is -2.25. The van der Waals surface area contributed by atoms with Crippen LogP contribution in [0.1, 0.15) is 12.8 Å². The van der Waals surface area contributed by atoms with Crippen LogP contribution in [0.5, 0.6) is 5.75 Å². The predicted molar refractivity (Wildman–Crippen MR) is 144 cm³/mol. The minimum Gasteiger partial charge on any atom is -0.494 e. The zero-order chi connectivity index (χ0) is 24.4. The van der Waals surface area contributed by atoms with E-state index >= 15 is 0 Å². The topological polar surface area (TPSA) is 84.5 Å². The molecule has 1 saturated heterocycles. The van der Waals surface area contributed by atoms with E-state index in [1.165, 1.54) is 25.9 Å². The molecule has 0 spiro atoms. The highest BCUT2D eigenvalue weighted by Gasteiger charge is 2.16. The monoisotopic (exact) mass is 471 g/mol. The maximum Gasteiger partial charge on any atom is 0.227 e. The molecule has 2 aromatic heterocycles. The largest absolute Gasteiger partial charge is 0.494 e. The van der Waals surface area contributed by atoms with Gasteiger partial charge in [-0.25, -0.2) is 9.97 Å². The summed E-state index contributed by atoms with van der Waals surface area (Å²) in [4.78, 5) is 13.9. The normalized spacial score (nSPS) is 13.9. The number of aromatic nitrogens is 3. The highest BCUT2D eigenvalue weighted by molar-refractivity contribution is 5.95. The first-order valence-corrected chi connectivity index (χ1v) is 12.1. The number of aryl methyl sites for hydroxylation is 1. The molecule has 0 atom stereocenters. The highest BCUT2D eigenvalue weighted by atomic mass is 16.5. The van der Waals surface area contributed by atoms with Crippen LogP contribution in [0.4, 0.5) is 23.0 Å². The zero-order valence-corrected chi connectivity index (χ0v) is 20.7. The number of benzene rings is 2. The maximum atomic E-state index is 6.47. The molecule has 5 rings (SSSR count). The molecule has 3 heterocycles. The molecule has 0 saturated carbocycles. The average molecular weight is 472 g/mol. The fourth-order valence-corrected chi connectivity index (χ4v) is 4.84. The Labute approximate surface area is 206 Å². The first kappa shape index (κ1) is 23.0. The summed E-state index contributed by atoms with van der Waals surface area (Å²) < 4.78 is 7.82. The Morgan fingerprint density at radius 1 is 1.14 bits per heavy atom. The second-order valence-electron chi connectivity index (χ2n) is 9.14. The molecule has 0 radical (unpaired) electrons. The van der Waals surface area contributed by atoms with Crippen LogP contribution >= 0.6 is 0 Å². The first-order chi connectivity index (χ1) is 17.0. The Bertz CT molecular complexity index is 1330. The average Bonchev–Trinajstić information content (AvgIpc) is 3.51. The van der Waals surface area contributed by atoms with Crippen molar-refractivity contribution in [2.24, 2.45) is 7.05 Å². The summed E-state index contributed by atoms with van der Waals surface area (Å²) in [7, 11) is 5.78. The molecule has 35 heavy (non-hydrogen) atoms. The van der Waals surface area contributed by atoms with E-state index in [9.17, 15) is 0 Å². The molecule has 0 amide bonds. The lowest BCUT2D eigenvalue weighted by atomic mass is 10.1. The van der Waals surface area contributed by atoms with Gasteiger partial charge in [-0.2, -0.15) is 0 Å². The molecule has 1 fully saturated rings. The summed E-state index contributed by atoms with van der Waals surface area (Å²) in [6, 6.07) is 14.1. The summed E-state index contributed by atoms with van der Waals surface area (Å²) in [5.41, 5.74) is 11.9. The summed E-state index contributed by atoms with van der Waals surface area (Å²) in [6.07, 6.45) is 6.46. The van der Waals surface area contributed by atoms with Gasteiger partial charge in [0.25, 0.3) is 0 Å². The van der Waals surface area contributed by atoms with Crippen molar-refractivity contribution in [2.45, 2.75) is 12.8 Å². The smallest absolute Gasteiger partial charge is 0.227 e. The fourth-order valence-electron chi connectivity index (χ4n) is 4.84. The highest BCUT2D eigenvalue weighted by Crippen LogP contribution is 2.36. The quantitative estimate of drug-likeness (QED) is 0.366. The Morgan fingerprint density at radius 2 is 1.94 bits per heavy atom. The molecule has 1 aliphatic heterocycles. The van der Waals surface area contributed by atoms with Crippen molar-refractivity contribution in [1.82, 2.24) is 19.4 Å². The molecular formula is C27H33N7O. The summed E-state index contributed by atoms with van der Waals surface area (Å²) in [6.45, 7) is 4.32. The zero-order valence-electron chi connectivity index (χ0n) is 20.7. The number of ether oxygens (including phenoxy) is 1. The Morgan fingerprint density at radius 3 is 2.74 bits per heavy atom. The van der Waals surface area contributed by atoms with Crippen LogP contribution in [0.15, 0.2) is 54.9 Å². The molecule has 0 bridgehead atoms.